The Hall–Kier alpha value is -3.39. The molecule has 0 bridgehead atoms. The molecule has 1 atom stereocenters. The molecule has 0 saturated heterocycles. The molecular weight excluding hydrogens is 419 g/mol. The number of carbonyl (C=O) groups excluding carboxylic acids is 1. The Morgan fingerprint density at radius 1 is 1.03 bits per heavy atom. The van der Waals surface area contributed by atoms with Gasteiger partial charge in [-0.1, -0.05) is 36.4 Å². The lowest BCUT2D eigenvalue weighted by molar-refractivity contribution is 0.0935. The Bertz CT molecular complexity index is 1160. The number of rotatable bonds is 8. The van der Waals surface area contributed by atoms with Gasteiger partial charge < -0.3 is 10.1 Å². The van der Waals surface area contributed by atoms with E-state index in [1.807, 2.05) is 0 Å². The highest BCUT2D eigenvalue weighted by molar-refractivity contribution is 7.92. The van der Waals surface area contributed by atoms with Crippen molar-refractivity contribution in [3.05, 3.63) is 95.3 Å². The zero-order valence-corrected chi connectivity index (χ0v) is 17.9. The van der Waals surface area contributed by atoms with Gasteiger partial charge >= 0.3 is 0 Å². The molecule has 0 aromatic heterocycles. The molecule has 0 heterocycles. The summed E-state index contributed by atoms with van der Waals surface area (Å²) in [6, 6.07) is 19.2. The Balaban J connectivity index is 1.70. The number of ether oxygens (including phenoxy) is 1. The summed E-state index contributed by atoms with van der Waals surface area (Å²) in [6.45, 7) is 2.00. The van der Waals surface area contributed by atoms with Crippen molar-refractivity contribution in [2.45, 2.75) is 19.6 Å². The van der Waals surface area contributed by atoms with Gasteiger partial charge in [0.2, 0.25) is 10.0 Å². The van der Waals surface area contributed by atoms with Crippen molar-refractivity contribution in [1.82, 2.24) is 5.32 Å². The van der Waals surface area contributed by atoms with Crippen molar-refractivity contribution < 1.29 is 22.3 Å². The maximum absolute atomic E-state index is 13.1. The van der Waals surface area contributed by atoms with Crippen molar-refractivity contribution in [2.24, 2.45) is 0 Å². The van der Waals surface area contributed by atoms with Crippen LogP contribution < -0.4 is 14.8 Å². The Kier molecular flexibility index (Phi) is 6.91. The number of anilines is 1. The molecule has 0 radical (unpaired) electrons. The van der Waals surface area contributed by atoms with Crippen LogP contribution in [0.3, 0.4) is 0 Å². The summed E-state index contributed by atoms with van der Waals surface area (Å²) < 4.78 is 44.2. The molecule has 1 amide bonds. The van der Waals surface area contributed by atoms with Crippen LogP contribution in [-0.4, -0.2) is 20.6 Å². The summed E-state index contributed by atoms with van der Waals surface area (Å²) in [6.07, 6.45) is 1.08. The van der Waals surface area contributed by atoms with E-state index < -0.39 is 10.0 Å². The monoisotopic (exact) mass is 442 g/mol. The maximum Gasteiger partial charge on any atom is 0.255 e. The number of carbonyl (C=O) groups is 1. The number of hydrogen-bond donors (Lipinski definition) is 2. The van der Waals surface area contributed by atoms with Gasteiger partial charge in [0.15, 0.2) is 0 Å². The lowest BCUT2D eigenvalue weighted by Gasteiger charge is -2.17. The molecule has 1 unspecified atom stereocenters. The summed E-state index contributed by atoms with van der Waals surface area (Å²) in [4.78, 5) is 12.9. The molecule has 8 heteroatoms. The highest BCUT2D eigenvalue weighted by Gasteiger charge is 2.16. The summed E-state index contributed by atoms with van der Waals surface area (Å²) in [5.41, 5.74) is 2.30. The van der Waals surface area contributed by atoms with E-state index in [9.17, 15) is 17.6 Å². The fourth-order valence-corrected chi connectivity index (χ4v) is 3.52. The number of halogens is 1. The van der Waals surface area contributed by atoms with Gasteiger partial charge in [-0.2, -0.15) is 0 Å². The average Bonchev–Trinajstić information content (AvgIpc) is 2.72. The van der Waals surface area contributed by atoms with Gasteiger partial charge in [-0.05, 0) is 54.4 Å². The minimum absolute atomic E-state index is 0.194. The molecule has 0 spiro atoms. The minimum atomic E-state index is -3.40. The first-order valence-corrected chi connectivity index (χ1v) is 11.5. The van der Waals surface area contributed by atoms with E-state index in [1.54, 1.807) is 67.6 Å². The second-order valence-electron chi connectivity index (χ2n) is 7.11. The first-order chi connectivity index (χ1) is 14.7. The highest BCUT2D eigenvalue weighted by Crippen LogP contribution is 2.22. The average molecular weight is 443 g/mol. The number of nitrogens with one attached hydrogen (secondary N) is 2. The topological polar surface area (TPSA) is 84.5 Å². The van der Waals surface area contributed by atoms with E-state index in [2.05, 4.69) is 10.0 Å². The summed E-state index contributed by atoms with van der Waals surface area (Å²) in [5.74, 6) is -0.249. The van der Waals surface area contributed by atoms with Gasteiger partial charge in [-0.3, -0.25) is 9.52 Å². The van der Waals surface area contributed by atoms with Gasteiger partial charge in [-0.25, -0.2) is 12.8 Å². The van der Waals surface area contributed by atoms with Crippen LogP contribution in [0.5, 0.6) is 5.75 Å². The van der Waals surface area contributed by atoms with Crippen LogP contribution in [-0.2, 0) is 16.6 Å². The molecule has 3 aromatic carbocycles. The van der Waals surface area contributed by atoms with Crippen molar-refractivity contribution >= 4 is 21.6 Å². The highest BCUT2D eigenvalue weighted by atomic mass is 32.2. The van der Waals surface area contributed by atoms with Gasteiger partial charge in [0.25, 0.3) is 5.91 Å². The molecule has 3 aromatic rings. The number of amides is 1. The smallest absolute Gasteiger partial charge is 0.255 e. The van der Waals surface area contributed by atoms with E-state index in [-0.39, 0.29) is 24.4 Å². The molecule has 3 rings (SSSR count). The van der Waals surface area contributed by atoms with E-state index >= 15 is 0 Å². The number of sulfonamides is 1. The zero-order valence-electron chi connectivity index (χ0n) is 17.1. The number of benzene rings is 3. The normalized spacial score (nSPS) is 12.1. The van der Waals surface area contributed by atoms with Crippen molar-refractivity contribution in [3.63, 3.8) is 0 Å². The first kappa shape index (κ1) is 22.3. The molecule has 0 aliphatic rings. The largest absolute Gasteiger partial charge is 0.488 e. The van der Waals surface area contributed by atoms with Gasteiger partial charge in [0.1, 0.15) is 18.2 Å². The molecular formula is C23H23FN2O4S. The van der Waals surface area contributed by atoms with E-state index in [1.165, 1.54) is 12.1 Å². The second kappa shape index (κ2) is 9.61. The van der Waals surface area contributed by atoms with Crippen LogP contribution in [0, 0.1) is 5.82 Å². The Morgan fingerprint density at radius 2 is 1.74 bits per heavy atom. The van der Waals surface area contributed by atoms with Gasteiger partial charge in [-0.15, -0.1) is 0 Å². The Morgan fingerprint density at radius 3 is 2.45 bits per heavy atom. The lowest BCUT2D eigenvalue weighted by Crippen LogP contribution is -2.27. The second-order valence-corrected chi connectivity index (χ2v) is 8.85. The first-order valence-electron chi connectivity index (χ1n) is 9.56. The van der Waals surface area contributed by atoms with Crippen molar-refractivity contribution in [3.8, 4) is 5.75 Å². The molecule has 0 aliphatic heterocycles. The van der Waals surface area contributed by atoms with Crippen LogP contribution in [0.15, 0.2) is 72.8 Å². The zero-order chi connectivity index (χ0) is 22.4. The van der Waals surface area contributed by atoms with Gasteiger partial charge in [0.05, 0.1) is 17.9 Å². The fraction of sp³-hybridized carbons (Fsp3) is 0.174. The predicted molar refractivity (Wildman–Crippen MR) is 118 cm³/mol. The standard InChI is InChI=1S/C23H23FN2O4S/c1-16(18-6-5-7-20(14-18)26-31(2,28)29)25-23(27)21-8-3-4-9-22(21)30-15-17-10-12-19(24)13-11-17/h3-14,16,26H,15H2,1-2H3,(H,25,27). The summed E-state index contributed by atoms with van der Waals surface area (Å²) in [5, 5.41) is 2.90. The third kappa shape index (κ3) is 6.55. The van der Waals surface area contributed by atoms with Gasteiger partial charge in [0, 0.05) is 5.69 Å². The third-order valence-corrected chi connectivity index (χ3v) is 5.08. The van der Waals surface area contributed by atoms with Crippen LogP contribution in [0.25, 0.3) is 0 Å². The van der Waals surface area contributed by atoms with Crippen LogP contribution in [0.2, 0.25) is 0 Å². The summed E-state index contributed by atoms with van der Waals surface area (Å²) in [7, 11) is -3.40. The quantitative estimate of drug-likeness (QED) is 0.546. The third-order valence-electron chi connectivity index (χ3n) is 4.48. The molecule has 0 saturated carbocycles. The predicted octanol–water partition coefficient (Wildman–Crippen LogP) is 4.27. The minimum Gasteiger partial charge on any atom is -0.488 e. The van der Waals surface area contributed by atoms with E-state index in [0.717, 1.165) is 17.4 Å². The molecule has 31 heavy (non-hydrogen) atoms. The number of para-hydroxylation sites is 1. The van der Waals surface area contributed by atoms with Crippen LogP contribution >= 0.6 is 0 Å². The van der Waals surface area contributed by atoms with Crippen LogP contribution in [0.4, 0.5) is 10.1 Å². The molecule has 6 nitrogen and oxygen atoms in total. The SMILES string of the molecule is CC(NC(=O)c1ccccc1OCc1ccc(F)cc1)c1cccc(NS(C)(=O)=O)c1. The maximum atomic E-state index is 13.1. The Labute approximate surface area is 181 Å². The van der Waals surface area contributed by atoms with Crippen molar-refractivity contribution in [1.29, 1.82) is 0 Å². The molecule has 0 aliphatic carbocycles. The lowest BCUT2D eigenvalue weighted by atomic mass is 10.1. The molecule has 0 fully saturated rings. The molecule has 2 N–H and O–H groups in total. The van der Waals surface area contributed by atoms with Crippen LogP contribution in [0.1, 0.15) is 34.5 Å². The van der Waals surface area contributed by atoms with Crippen molar-refractivity contribution in [2.75, 3.05) is 11.0 Å². The van der Waals surface area contributed by atoms with E-state index in [4.69, 9.17) is 4.74 Å². The fourth-order valence-electron chi connectivity index (χ4n) is 2.97. The molecule has 162 valence electrons. The summed E-state index contributed by atoms with van der Waals surface area (Å²) >= 11 is 0. The van der Waals surface area contributed by atoms with E-state index in [0.29, 0.717) is 17.0 Å². The number of hydrogen-bond acceptors (Lipinski definition) is 4.